The predicted molar refractivity (Wildman–Crippen MR) is 85.3 cm³/mol. The van der Waals surface area contributed by atoms with Crippen LogP contribution >= 0.6 is 11.3 Å². The highest BCUT2D eigenvalue weighted by atomic mass is 127. The lowest BCUT2D eigenvalue weighted by Gasteiger charge is -1.94. The van der Waals surface area contributed by atoms with E-state index in [4.69, 9.17) is 0 Å². The van der Waals surface area contributed by atoms with E-state index in [9.17, 15) is 0 Å². The minimum atomic E-state index is 0. The summed E-state index contributed by atoms with van der Waals surface area (Å²) in [4.78, 5) is 1.27. The van der Waals surface area contributed by atoms with Crippen LogP contribution in [0.5, 0.6) is 0 Å². The van der Waals surface area contributed by atoms with Gasteiger partial charge in [-0.15, -0.1) is 11.3 Å². The van der Waals surface area contributed by atoms with Gasteiger partial charge in [0.15, 0.2) is 0 Å². The summed E-state index contributed by atoms with van der Waals surface area (Å²) in [7, 11) is 4.12. The van der Waals surface area contributed by atoms with E-state index in [0.717, 1.165) is 0 Å². The van der Waals surface area contributed by atoms with Crippen molar-refractivity contribution in [2.75, 3.05) is 0 Å². The molecule has 0 radical (unpaired) electrons. The Bertz CT molecular complexity index is 722. The van der Waals surface area contributed by atoms with Gasteiger partial charge >= 0.3 is 0 Å². The molecule has 0 amide bonds. The zero-order chi connectivity index (χ0) is 13.9. The van der Waals surface area contributed by atoms with E-state index in [1.165, 1.54) is 21.8 Å². The average molecular weight is 408 g/mol. The van der Waals surface area contributed by atoms with Crippen molar-refractivity contribution in [1.29, 1.82) is 0 Å². The Balaban J connectivity index is 0.00000161. The summed E-state index contributed by atoms with van der Waals surface area (Å²) < 4.78 is 4.23. The van der Waals surface area contributed by atoms with Gasteiger partial charge in [-0.05, 0) is 28.6 Å². The van der Waals surface area contributed by atoms with Crippen molar-refractivity contribution in [2.45, 2.75) is 0 Å². The molecule has 2 aromatic heterocycles. The number of imidazole rings is 1. The molecule has 1 aromatic carbocycles. The van der Waals surface area contributed by atoms with Gasteiger partial charge in [0.2, 0.25) is 0 Å². The first-order chi connectivity index (χ1) is 9.74. The molecule has 0 atom stereocenters. The molecule has 0 N–H and O–H groups in total. The lowest BCUT2D eigenvalue weighted by molar-refractivity contribution is -0.672. The number of nitrogens with zero attached hydrogens (tertiary/aromatic N) is 2. The number of thiophene rings is 1. The summed E-state index contributed by atoms with van der Waals surface area (Å²) >= 11 is 1.77. The van der Waals surface area contributed by atoms with Gasteiger partial charge in [-0.1, -0.05) is 30.3 Å². The summed E-state index contributed by atoms with van der Waals surface area (Å²) in [5.74, 6) is 1.18. The molecule has 3 rings (SSSR count). The van der Waals surface area contributed by atoms with Crippen LogP contribution in [0.2, 0.25) is 0 Å². The lowest BCUT2D eigenvalue weighted by atomic mass is 10.1. The zero-order valence-corrected chi connectivity index (χ0v) is 15.0. The Morgan fingerprint density at radius 2 is 1.86 bits per heavy atom. The minimum Gasteiger partial charge on any atom is -1.00 e. The van der Waals surface area contributed by atoms with Gasteiger partial charge in [0.1, 0.15) is 12.4 Å². The highest BCUT2D eigenvalue weighted by molar-refractivity contribution is 7.11. The molecule has 0 unspecified atom stereocenters. The normalized spacial score (nSPS) is 10.8. The smallest absolute Gasteiger partial charge is 0.281 e. The summed E-state index contributed by atoms with van der Waals surface area (Å²) in [6.45, 7) is 0. The van der Waals surface area contributed by atoms with Crippen molar-refractivity contribution in [3.8, 4) is 11.1 Å². The number of benzene rings is 1. The topological polar surface area (TPSA) is 8.81 Å². The number of hydrogen-bond acceptors (Lipinski definition) is 1. The molecule has 21 heavy (non-hydrogen) atoms. The Labute approximate surface area is 146 Å². The Morgan fingerprint density at radius 1 is 1.10 bits per heavy atom. The van der Waals surface area contributed by atoms with Crippen LogP contribution in [0.1, 0.15) is 10.7 Å². The van der Waals surface area contributed by atoms with Gasteiger partial charge in [0, 0.05) is 11.0 Å². The number of aromatic nitrogens is 2. The first kappa shape index (κ1) is 16.0. The SMILES string of the molecule is Cn1cc[n+](C)c1/C=C/c1cc(-c2ccccc2)cs1.[I-]. The molecule has 2 nitrogen and oxygen atoms in total. The molecular weight excluding hydrogens is 391 g/mol. The van der Waals surface area contributed by atoms with Gasteiger partial charge in [-0.2, -0.15) is 0 Å². The summed E-state index contributed by atoms with van der Waals surface area (Å²) in [6, 6.07) is 12.7. The fraction of sp³-hybridized carbons (Fsp3) is 0.118. The molecule has 3 aromatic rings. The zero-order valence-electron chi connectivity index (χ0n) is 12.0. The lowest BCUT2D eigenvalue weighted by Crippen LogP contribution is -3.00. The molecule has 2 heterocycles. The van der Waals surface area contributed by atoms with Gasteiger partial charge in [-0.3, -0.25) is 0 Å². The molecule has 0 saturated heterocycles. The molecule has 0 aliphatic rings. The van der Waals surface area contributed by atoms with Gasteiger partial charge in [0.25, 0.3) is 5.82 Å². The maximum atomic E-state index is 2.24. The number of hydrogen-bond donors (Lipinski definition) is 0. The third kappa shape index (κ3) is 3.63. The summed E-state index contributed by atoms with van der Waals surface area (Å²) in [5, 5.41) is 2.21. The molecular formula is C17H17IN2S. The van der Waals surface area contributed by atoms with E-state index in [1.54, 1.807) is 11.3 Å². The maximum absolute atomic E-state index is 2.24. The third-order valence-electron chi connectivity index (χ3n) is 3.36. The van der Waals surface area contributed by atoms with Gasteiger partial charge in [-0.25, -0.2) is 9.13 Å². The second kappa shape index (κ2) is 7.04. The van der Waals surface area contributed by atoms with Crippen LogP contribution in [0.15, 0.2) is 54.2 Å². The van der Waals surface area contributed by atoms with E-state index in [2.05, 4.69) is 83.5 Å². The molecule has 108 valence electrons. The minimum absolute atomic E-state index is 0. The number of rotatable bonds is 3. The fourth-order valence-electron chi connectivity index (χ4n) is 2.22. The van der Waals surface area contributed by atoms with Crippen LogP contribution in [-0.2, 0) is 14.1 Å². The van der Waals surface area contributed by atoms with E-state index in [1.807, 2.05) is 6.07 Å². The van der Waals surface area contributed by atoms with Gasteiger partial charge in [0.05, 0.1) is 14.1 Å². The van der Waals surface area contributed by atoms with Crippen molar-refractivity contribution in [3.05, 3.63) is 64.9 Å². The van der Waals surface area contributed by atoms with Crippen molar-refractivity contribution in [1.82, 2.24) is 4.57 Å². The highest BCUT2D eigenvalue weighted by Crippen LogP contribution is 2.26. The molecule has 0 aliphatic carbocycles. The van der Waals surface area contributed by atoms with Crippen LogP contribution in [0.3, 0.4) is 0 Å². The molecule has 0 fully saturated rings. The summed E-state index contributed by atoms with van der Waals surface area (Å²) in [5.41, 5.74) is 2.55. The molecule has 0 bridgehead atoms. The average Bonchev–Trinajstić information content (AvgIpc) is 3.06. The fourth-order valence-corrected chi connectivity index (χ4v) is 3.02. The predicted octanol–water partition coefficient (Wildman–Crippen LogP) is 0.752. The van der Waals surface area contributed by atoms with Gasteiger partial charge < -0.3 is 24.0 Å². The second-order valence-corrected chi connectivity index (χ2v) is 5.76. The van der Waals surface area contributed by atoms with E-state index in [-0.39, 0.29) is 24.0 Å². The van der Waals surface area contributed by atoms with Crippen molar-refractivity contribution in [3.63, 3.8) is 0 Å². The highest BCUT2D eigenvalue weighted by Gasteiger charge is 2.07. The van der Waals surface area contributed by atoms with Crippen molar-refractivity contribution >= 4 is 23.5 Å². The van der Waals surface area contributed by atoms with Crippen molar-refractivity contribution in [2.24, 2.45) is 14.1 Å². The molecule has 0 saturated carbocycles. The number of halogens is 1. The maximum Gasteiger partial charge on any atom is 0.281 e. The Morgan fingerprint density at radius 3 is 2.52 bits per heavy atom. The molecule has 4 heteroatoms. The standard InChI is InChI=1S/C17H17N2S.HI/c1-18-10-11-19(2)17(18)9-8-16-12-15(13-20-16)14-6-4-3-5-7-14;/h3-13H,1-2H3;1H/q+1;/p-1/b9-8+;. The van der Waals surface area contributed by atoms with Crippen molar-refractivity contribution < 1.29 is 28.5 Å². The second-order valence-electron chi connectivity index (χ2n) is 4.82. The monoisotopic (exact) mass is 408 g/mol. The van der Waals surface area contributed by atoms with Crippen LogP contribution in [-0.4, -0.2) is 4.57 Å². The van der Waals surface area contributed by atoms with Crippen LogP contribution in [0.4, 0.5) is 0 Å². The van der Waals surface area contributed by atoms with E-state index < -0.39 is 0 Å². The van der Waals surface area contributed by atoms with Crippen LogP contribution in [0.25, 0.3) is 23.3 Å². The molecule has 0 spiro atoms. The van der Waals surface area contributed by atoms with E-state index >= 15 is 0 Å². The Hall–Kier alpha value is -1.40. The van der Waals surface area contributed by atoms with Crippen LogP contribution in [0, 0.1) is 0 Å². The third-order valence-corrected chi connectivity index (χ3v) is 4.26. The Kier molecular flexibility index (Phi) is 5.36. The van der Waals surface area contributed by atoms with E-state index in [0.29, 0.717) is 0 Å². The first-order valence-corrected chi connectivity index (χ1v) is 7.45. The number of aryl methyl sites for hydroxylation is 2. The first-order valence-electron chi connectivity index (χ1n) is 6.57. The summed E-state index contributed by atoms with van der Waals surface area (Å²) in [6.07, 6.45) is 8.44. The largest absolute Gasteiger partial charge is 1.00 e. The molecule has 0 aliphatic heterocycles. The van der Waals surface area contributed by atoms with Crippen LogP contribution < -0.4 is 28.5 Å². The quantitative estimate of drug-likeness (QED) is 0.447.